The van der Waals surface area contributed by atoms with Crippen LogP contribution in [0.4, 0.5) is 0 Å². The molecule has 5 nitrogen and oxygen atoms in total. The standard InChI is InChI=1S/C18H16N2O3/c1-23-19-18(22)15-12-20(11-13-7-3-2-4-8-13)16-10-6-5-9-14(16)17(15)21/h2-10,12H,11H2,1H3,(H,19,22). The number of nitrogens with one attached hydrogen (secondary N) is 1. The molecule has 23 heavy (non-hydrogen) atoms. The summed E-state index contributed by atoms with van der Waals surface area (Å²) in [6, 6.07) is 17.1. The monoisotopic (exact) mass is 308 g/mol. The van der Waals surface area contributed by atoms with Crippen molar-refractivity contribution in [1.29, 1.82) is 0 Å². The fourth-order valence-electron chi connectivity index (χ4n) is 2.57. The summed E-state index contributed by atoms with van der Waals surface area (Å²) in [7, 11) is 1.33. The van der Waals surface area contributed by atoms with Crippen LogP contribution in [-0.4, -0.2) is 17.6 Å². The van der Waals surface area contributed by atoms with E-state index in [2.05, 4.69) is 10.3 Å². The Morgan fingerprint density at radius 1 is 1.09 bits per heavy atom. The molecule has 0 saturated heterocycles. The fraction of sp³-hybridized carbons (Fsp3) is 0.111. The van der Waals surface area contributed by atoms with Crippen molar-refractivity contribution in [3.8, 4) is 0 Å². The van der Waals surface area contributed by atoms with E-state index >= 15 is 0 Å². The Hall–Kier alpha value is -2.92. The zero-order chi connectivity index (χ0) is 16.2. The number of pyridine rings is 1. The van der Waals surface area contributed by atoms with Gasteiger partial charge in [0.1, 0.15) is 5.56 Å². The van der Waals surface area contributed by atoms with Crippen LogP contribution in [0.25, 0.3) is 10.9 Å². The van der Waals surface area contributed by atoms with E-state index < -0.39 is 5.91 Å². The predicted molar refractivity (Wildman–Crippen MR) is 88.2 cm³/mol. The molecule has 0 fully saturated rings. The van der Waals surface area contributed by atoms with E-state index in [1.165, 1.54) is 7.11 Å². The predicted octanol–water partition coefficient (Wildman–Crippen LogP) is 2.34. The average Bonchev–Trinajstić information content (AvgIpc) is 2.58. The third-order valence-electron chi connectivity index (χ3n) is 3.62. The topological polar surface area (TPSA) is 60.3 Å². The summed E-state index contributed by atoms with van der Waals surface area (Å²) < 4.78 is 1.90. The fourth-order valence-corrected chi connectivity index (χ4v) is 2.57. The van der Waals surface area contributed by atoms with Crippen LogP contribution in [0.2, 0.25) is 0 Å². The van der Waals surface area contributed by atoms with Gasteiger partial charge in [0.05, 0.1) is 12.6 Å². The Balaban J connectivity index is 2.17. The van der Waals surface area contributed by atoms with Crippen LogP contribution in [0, 0.1) is 0 Å². The summed E-state index contributed by atoms with van der Waals surface area (Å²) >= 11 is 0. The lowest BCUT2D eigenvalue weighted by molar-refractivity contribution is 0.0536. The van der Waals surface area contributed by atoms with Gasteiger partial charge in [-0.1, -0.05) is 42.5 Å². The maximum Gasteiger partial charge on any atom is 0.280 e. The second kappa shape index (κ2) is 6.46. The number of para-hydroxylation sites is 1. The molecule has 3 rings (SSSR count). The maximum absolute atomic E-state index is 12.5. The number of hydrogen-bond donors (Lipinski definition) is 1. The molecule has 1 amide bonds. The molecular formula is C18H16N2O3. The highest BCUT2D eigenvalue weighted by Crippen LogP contribution is 2.14. The van der Waals surface area contributed by atoms with E-state index in [1.54, 1.807) is 18.3 Å². The third-order valence-corrected chi connectivity index (χ3v) is 3.62. The van der Waals surface area contributed by atoms with E-state index in [0.717, 1.165) is 11.1 Å². The molecule has 0 atom stereocenters. The van der Waals surface area contributed by atoms with E-state index in [0.29, 0.717) is 11.9 Å². The lowest BCUT2D eigenvalue weighted by Gasteiger charge is -2.13. The van der Waals surface area contributed by atoms with Gasteiger partial charge < -0.3 is 4.57 Å². The first kappa shape index (κ1) is 15.0. The van der Waals surface area contributed by atoms with E-state index in [4.69, 9.17) is 0 Å². The number of amides is 1. The van der Waals surface area contributed by atoms with Gasteiger partial charge in [0.15, 0.2) is 0 Å². The zero-order valence-corrected chi connectivity index (χ0v) is 12.7. The molecule has 0 bridgehead atoms. The van der Waals surface area contributed by atoms with Crippen molar-refractivity contribution in [2.24, 2.45) is 0 Å². The van der Waals surface area contributed by atoms with Crippen molar-refractivity contribution in [1.82, 2.24) is 10.0 Å². The van der Waals surface area contributed by atoms with E-state index in [-0.39, 0.29) is 11.0 Å². The number of carbonyl (C=O) groups excluding carboxylic acids is 1. The Morgan fingerprint density at radius 2 is 1.78 bits per heavy atom. The lowest BCUT2D eigenvalue weighted by atomic mass is 10.1. The van der Waals surface area contributed by atoms with Crippen LogP contribution in [0.1, 0.15) is 15.9 Å². The molecule has 0 radical (unpaired) electrons. The normalized spacial score (nSPS) is 10.7. The molecule has 1 heterocycles. The Kier molecular flexibility index (Phi) is 4.21. The van der Waals surface area contributed by atoms with Gasteiger partial charge in [0.25, 0.3) is 5.91 Å². The molecule has 1 aromatic heterocycles. The number of aromatic nitrogens is 1. The molecule has 5 heteroatoms. The van der Waals surface area contributed by atoms with Crippen LogP contribution in [0.5, 0.6) is 0 Å². The largest absolute Gasteiger partial charge is 0.342 e. The number of nitrogens with zero attached hydrogens (tertiary/aromatic N) is 1. The molecule has 3 aromatic rings. The minimum absolute atomic E-state index is 0.0569. The Morgan fingerprint density at radius 3 is 2.52 bits per heavy atom. The van der Waals surface area contributed by atoms with Crippen LogP contribution < -0.4 is 10.9 Å². The summed E-state index contributed by atoms with van der Waals surface area (Å²) in [4.78, 5) is 29.2. The quantitative estimate of drug-likeness (QED) is 0.753. The molecule has 2 aromatic carbocycles. The number of rotatable bonds is 4. The van der Waals surface area contributed by atoms with Crippen molar-refractivity contribution in [2.75, 3.05) is 7.11 Å². The van der Waals surface area contributed by atoms with Gasteiger partial charge in [-0.2, -0.15) is 0 Å². The Labute approximate surface area is 133 Å². The van der Waals surface area contributed by atoms with Gasteiger partial charge in [-0.25, -0.2) is 5.48 Å². The summed E-state index contributed by atoms with van der Waals surface area (Å²) in [6.07, 6.45) is 1.58. The molecule has 0 spiro atoms. The molecule has 0 aliphatic carbocycles. The van der Waals surface area contributed by atoms with Gasteiger partial charge in [-0.05, 0) is 17.7 Å². The third kappa shape index (κ3) is 3.00. The number of fused-ring (bicyclic) bond motifs is 1. The summed E-state index contributed by atoms with van der Waals surface area (Å²) in [5.41, 5.74) is 3.83. The second-order valence-electron chi connectivity index (χ2n) is 5.14. The first-order valence-corrected chi connectivity index (χ1v) is 7.20. The van der Waals surface area contributed by atoms with Crippen molar-refractivity contribution < 1.29 is 9.63 Å². The van der Waals surface area contributed by atoms with E-state index in [1.807, 2.05) is 47.0 Å². The lowest BCUT2D eigenvalue weighted by Crippen LogP contribution is -2.29. The number of benzene rings is 2. The van der Waals surface area contributed by atoms with Gasteiger partial charge >= 0.3 is 0 Å². The van der Waals surface area contributed by atoms with Gasteiger partial charge in [0.2, 0.25) is 5.43 Å². The van der Waals surface area contributed by atoms with E-state index in [9.17, 15) is 9.59 Å². The number of hydroxylamine groups is 1. The van der Waals surface area contributed by atoms with Crippen molar-refractivity contribution in [3.63, 3.8) is 0 Å². The number of hydrogen-bond acceptors (Lipinski definition) is 3. The zero-order valence-electron chi connectivity index (χ0n) is 12.7. The molecule has 0 aliphatic rings. The molecule has 0 aliphatic heterocycles. The Bertz CT molecular complexity index is 901. The van der Waals surface area contributed by atoms with Crippen LogP contribution in [-0.2, 0) is 11.4 Å². The maximum atomic E-state index is 12.5. The molecule has 1 N–H and O–H groups in total. The second-order valence-corrected chi connectivity index (χ2v) is 5.14. The van der Waals surface area contributed by atoms with Gasteiger partial charge in [-0.3, -0.25) is 14.4 Å². The summed E-state index contributed by atoms with van der Waals surface area (Å²) in [5, 5.41) is 0.507. The number of carbonyl (C=O) groups is 1. The van der Waals surface area contributed by atoms with Crippen molar-refractivity contribution >= 4 is 16.8 Å². The first-order chi connectivity index (χ1) is 11.2. The minimum atomic E-state index is -0.551. The highest BCUT2D eigenvalue weighted by molar-refractivity contribution is 5.96. The highest BCUT2D eigenvalue weighted by Gasteiger charge is 2.15. The highest BCUT2D eigenvalue weighted by atomic mass is 16.6. The summed E-state index contributed by atoms with van der Waals surface area (Å²) in [6.45, 7) is 0.564. The van der Waals surface area contributed by atoms with Crippen LogP contribution in [0.15, 0.2) is 65.6 Å². The van der Waals surface area contributed by atoms with Gasteiger partial charge in [0, 0.05) is 18.1 Å². The summed E-state index contributed by atoms with van der Waals surface area (Å²) in [5.74, 6) is -0.551. The van der Waals surface area contributed by atoms with Crippen LogP contribution >= 0.6 is 0 Å². The van der Waals surface area contributed by atoms with Crippen molar-refractivity contribution in [2.45, 2.75) is 6.54 Å². The van der Waals surface area contributed by atoms with Gasteiger partial charge in [-0.15, -0.1) is 0 Å². The van der Waals surface area contributed by atoms with Crippen molar-refractivity contribution in [3.05, 3.63) is 82.1 Å². The molecule has 0 unspecified atom stereocenters. The first-order valence-electron chi connectivity index (χ1n) is 7.20. The molecule has 116 valence electrons. The molecule has 0 saturated carbocycles. The molecular weight excluding hydrogens is 292 g/mol. The van der Waals surface area contributed by atoms with Crippen LogP contribution in [0.3, 0.4) is 0 Å². The average molecular weight is 308 g/mol. The SMILES string of the molecule is CONC(=O)c1cn(Cc2ccccc2)c2ccccc2c1=O. The minimum Gasteiger partial charge on any atom is -0.342 e. The smallest absolute Gasteiger partial charge is 0.280 e.